The summed E-state index contributed by atoms with van der Waals surface area (Å²) in [7, 11) is 0. The number of hydrogen-bond donors (Lipinski definition) is 2. The second kappa shape index (κ2) is 9.33. The normalized spacial score (nSPS) is 14.5. The number of carbonyl (C=O) groups excluding carboxylic acids is 1. The number of nitrogens with zero attached hydrogens (tertiary/aromatic N) is 1. The fraction of sp³-hybridized carbons (Fsp3) is 0.304. The molecular formula is C23H23F2N3O. The Morgan fingerprint density at radius 3 is 2.62 bits per heavy atom. The van der Waals surface area contributed by atoms with Gasteiger partial charge in [0.15, 0.2) is 0 Å². The quantitative estimate of drug-likeness (QED) is 0.538. The highest BCUT2D eigenvalue weighted by Crippen LogP contribution is 2.26. The van der Waals surface area contributed by atoms with Crippen LogP contribution in [-0.2, 0) is 17.6 Å². The first-order valence-corrected chi connectivity index (χ1v) is 9.76. The summed E-state index contributed by atoms with van der Waals surface area (Å²) in [6, 6.07) is 10.9. The summed E-state index contributed by atoms with van der Waals surface area (Å²) in [5, 5.41) is 14.8. The summed E-state index contributed by atoms with van der Waals surface area (Å²) in [5.74, 6) is -2.06. The predicted octanol–water partition coefficient (Wildman–Crippen LogP) is 4.93. The van der Waals surface area contributed by atoms with E-state index in [0.717, 1.165) is 36.7 Å². The minimum atomic E-state index is -0.806. The molecule has 0 saturated carbocycles. The van der Waals surface area contributed by atoms with Gasteiger partial charge < -0.3 is 10.6 Å². The van der Waals surface area contributed by atoms with Gasteiger partial charge in [0.25, 0.3) is 5.91 Å². The molecule has 1 amide bonds. The molecule has 0 spiro atoms. The Bertz CT molecular complexity index is 979. The van der Waals surface area contributed by atoms with Crippen LogP contribution >= 0.6 is 0 Å². The molecule has 1 aliphatic rings. The average Bonchev–Trinajstić information content (AvgIpc) is 2.73. The second-order valence-corrected chi connectivity index (χ2v) is 7.11. The Kier molecular flexibility index (Phi) is 6.61. The summed E-state index contributed by atoms with van der Waals surface area (Å²) >= 11 is 0. The van der Waals surface area contributed by atoms with Gasteiger partial charge in [0, 0.05) is 12.3 Å². The van der Waals surface area contributed by atoms with Crippen molar-refractivity contribution >= 4 is 11.6 Å². The molecule has 0 saturated heterocycles. The van der Waals surface area contributed by atoms with Gasteiger partial charge in [-0.15, -0.1) is 0 Å². The molecular weight excluding hydrogens is 372 g/mol. The van der Waals surface area contributed by atoms with Gasteiger partial charge in [-0.3, -0.25) is 4.79 Å². The number of amides is 1. The molecule has 1 aliphatic carbocycles. The van der Waals surface area contributed by atoms with Crippen molar-refractivity contribution in [1.29, 1.82) is 5.26 Å². The molecule has 0 aromatic heterocycles. The topological polar surface area (TPSA) is 64.9 Å². The fourth-order valence-electron chi connectivity index (χ4n) is 3.53. The zero-order chi connectivity index (χ0) is 20.8. The molecule has 2 aromatic rings. The first-order valence-electron chi connectivity index (χ1n) is 9.76. The van der Waals surface area contributed by atoms with E-state index in [4.69, 9.17) is 0 Å². The van der Waals surface area contributed by atoms with Gasteiger partial charge in [0.2, 0.25) is 0 Å². The third-order valence-electron chi connectivity index (χ3n) is 5.16. The monoisotopic (exact) mass is 395 g/mol. The Morgan fingerprint density at radius 2 is 1.93 bits per heavy atom. The Labute approximate surface area is 169 Å². The molecule has 0 radical (unpaired) electrons. The van der Waals surface area contributed by atoms with Gasteiger partial charge in [0.05, 0.1) is 11.7 Å². The average molecular weight is 395 g/mol. The van der Waals surface area contributed by atoms with E-state index in [-0.39, 0.29) is 17.3 Å². The molecule has 0 aliphatic heterocycles. The van der Waals surface area contributed by atoms with Crippen LogP contribution in [0.4, 0.5) is 14.5 Å². The van der Waals surface area contributed by atoms with E-state index in [1.54, 1.807) is 0 Å². The van der Waals surface area contributed by atoms with E-state index in [2.05, 4.69) is 22.8 Å². The Balaban J connectivity index is 1.72. The molecule has 3 rings (SSSR count). The lowest BCUT2D eigenvalue weighted by atomic mass is 9.88. The number of halogens is 2. The number of nitrogens with one attached hydrogen (secondary N) is 2. The van der Waals surface area contributed by atoms with Gasteiger partial charge in [0.1, 0.15) is 23.3 Å². The van der Waals surface area contributed by atoms with Crippen LogP contribution in [0, 0.1) is 23.0 Å². The van der Waals surface area contributed by atoms with Crippen molar-refractivity contribution < 1.29 is 13.6 Å². The van der Waals surface area contributed by atoms with Gasteiger partial charge in [-0.1, -0.05) is 25.1 Å². The van der Waals surface area contributed by atoms with Crippen molar-refractivity contribution in [1.82, 2.24) is 5.32 Å². The first kappa shape index (κ1) is 20.5. The van der Waals surface area contributed by atoms with E-state index >= 15 is 0 Å². The van der Waals surface area contributed by atoms with Crippen molar-refractivity contribution in [3.63, 3.8) is 0 Å². The highest BCUT2D eigenvalue weighted by Gasteiger charge is 2.18. The predicted molar refractivity (Wildman–Crippen MR) is 108 cm³/mol. The van der Waals surface area contributed by atoms with E-state index in [1.165, 1.54) is 30.0 Å². The van der Waals surface area contributed by atoms with E-state index in [9.17, 15) is 18.8 Å². The lowest BCUT2D eigenvalue weighted by Crippen LogP contribution is -2.29. The summed E-state index contributed by atoms with van der Waals surface area (Å²) in [6.45, 7) is 1.96. The van der Waals surface area contributed by atoms with Crippen LogP contribution in [0.3, 0.4) is 0 Å². The maximum Gasteiger partial charge on any atom is 0.263 e. The Morgan fingerprint density at radius 1 is 1.17 bits per heavy atom. The van der Waals surface area contributed by atoms with Crippen LogP contribution in [0.15, 0.2) is 48.2 Å². The zero-order valence-corrected chi connectivity index (χ0v) is 16.3. The number of fused-ring (bicyclic) bond motifs is 1. The van der Waals surface area contributed by atoms with Crippen molar-refractivity contribution in [3.8, 4) is 6.07 Å². The zero-order valence-electron chi connectivity index (χ0n) is 16.3. The maximum absolute atomic E-state index is 13.7. The minimum Gasteiger partial charge on any atom is -0.358 e. The number of nitriles is 1. The van der Waals surface area contributed by atoms with Gasteiger partial charge >= 0.3 is 0 Å². The first-order chi connectivity index (χ1) is 14.0. The summed E-state index contributed by atoms with van der Waals surface area (Å²) in [4.78, 5) is 12.6. The fourth-order valence-corrected chi connectivity index (χ4v) is 3.53. The number of rotatable bonds is 6. The van der Waals surface area contributed by atoms with Gasteiger partial charge in [-0.05, 0) is 60.9 Å². The van der Waals surface area contributed by atoms with Crippen molar-refractivity contribution in [2.24, 2.45) is 0 Å². The molecule has 4 nitrogen and oxygen atoms in total. The molecule has 2 aromatic carbocycles. The van der Waals surface area contributed by atoms with Crippen LogP contribution in [0.2, 0.25) is 0 Å². The standard InChI is InChI=1S/C23H23F2N3O/c1-2-21(17-8-7-15-5-3-4-6-16(15)11-17)28-23(29)18(13-26)14-27-22-10-9-19(24)12-20(22)25/h7-12,14,21,27H,2-6H2,1H3,(H,28,29)/b18-14-. The largest absolute Gasteiger partial charge is 0.358 e. The molecule has 150 valence electrons. The second-order valence-electron chi connectivity index (χ2n) is 7.11. The molecule has 29 heavy (non-hydrogen) atoms. The van der Waals surface area contributed by atoms with Gasteiger partial charge in [-0.2, -0.15) is 5.26 Å². The summed E-state index contributed by atoms with van der Waals surface area (Å²) < 4.78 is 26.7. The third kappa shape index (κ3) is 5.00. The molecule has 2 N–H and O–H groups in total. The number of aryl methyl sites for hydroxylation is 2. The smallest absolute Gasteiger partial charge is 0.263 e. The summed E-state index contributed by atoms with van der Waals surface area (Å²) in [6.07, 6.45) is 6.31. The van der Waals surface area contributed by atoms with Crippen molar-refractivity contribution in [2.45, 2.75) is 45.1 Å². The maximum atomic E-state index is 13.7. The molecule has 0 fully saturated rings. The highest BCUT2D eigenvalue weighted by molar-refractivity contribution is 5.97. The molecule has 6 heteroatoms. The van der Waals surface area contributed by atoms with Crippen LogP contribution in [0.5, 0.6) is 0 Å². The molecule has 1 unspecified atom stereocenters. The van der Waals surface area contributed by atoms with Crippen LogP contribution in [0.25, 0.3) is 0 Å². The number of hydrogen-bond acceptors (Lipinski definition) is 3. The van der Waals surface area contributed by atoms with Crippen molar-refractivity contribution in [2.75, 3.05) is 5.32 Å². The highest BCUT2D eigenvalue weighted by atomic mass is 19.1. The lowest BCUT2D eigenvalue weighted by Gasteiger charge is -2.21. The van der Waals surface area contributed by atoms with E-state index in [1.807, 2.05) is 19.1 Å². The Hall–Kier alpha value is -3.20. The lowest BCUT2D eigenvalue weighted by molar-refractivity contribution is -0.117. The van der Waals surface area contributed by atoms with Crippen LogP contribution in [-0.4, -0.2) is 5.91 Å². The summed E-state index contributed by atoms with van der Waals surface area (Å²) in [5.41, 5.74) is 3.49. The van der Waals surface area contributed by atoms with Gasteiger partial charge in [-0.25, -0.2) is 8.78 Å². The third-order valence-corrected chi connectivity index (χ3v) is 5.16. The van der Waals surface area contributed by atoms with E-state index < -0.39 is 17.5 Å². The number of carbonyl (C=O) groups is 1. The number of anilines is 1. The molecule has 0 heterocycles. The molecule has 1 atom stereocenters. The van der Waals surface area contributed by atoms with E-state index in [0.29, 0.717) is 6.42 Å². The van der Waals surface area contributed by atoms with Crippen molar-refractivity contribution in [3.05, 3.63) is 76.5 Å². The number of benzene rings is 2. The SMILES string of the molecule is CCC(NC(=O)/C(C#N)=C\Nc1ccc(F)cc1F)c1ccc2c(c1)CCCC2. The molecule has 0 bridgehead atoms. The minimum absolute atomic E-state index is 0.0197. The van der Waals surface area contributed by atoms with Crippen LogP contribution < -0.4 is 10.6 Å². The van der Waals surface area contributed by atoms with Crippen LogP contribution in [0.1, 0.15) is 48.9 Å².